The Bertz CT molecular complexity index is 1520. The molecule has 1 unspecified atom stereocenters. The van der Waals surface area contributed by atoms with Crippen molar-refractivity contribution < 1.29 is 14.0 Å². The molecule has 0 saturated carbocycles. The number of hydrogen-bond donors (Lipinski definition) is 2. The summed E-state index contributed by atoms with van der Waals surface area (Å²) in [6, 6.07) is 15.5. The van der Waals surface area contributed by atoms with Crippen LogP contribution >= 0.6 is 23.1 Å². The highest BCUT2D eigenvalue weighted by atomic mass is 32.2. The number of benzene rings is 2. The Morgan fingerprint density at radius 1 is 1.26 bits per heavy atom. The van der Waals surface area contributed by atoms with Crippen molar-refractivity contribution >= 4 is 45.6 Å². The first-order chi connectivity index (χ1) is 18.4. The van der Waals surface area contributed by atoms with Gasteiger partial charge in [-0.15, -0.1) is 10.2 Å². The normalized spacial score (nSPS) is 17.3. The SMILES string of the molecule is Cc1cccc(NC(=O)CSc2nnc(N3C(N)=C(C#N)C(c4ccc(F)cc4)C4=C3CCCC4=O)s2)c1. The van der Waals surface area contributed by atoms with Gasteiger partial charge in [0.2, 0.25) is 11.0 Å². The molecule has 2 heterocycles. The fraction of sp³-hybridized carbons (Fsp3) is 0.222. The van der Waals surface area contributed by atoms with Crippen LogP contribution < -0.4 is 16.0 Å². The minimum Gasteiger partial charge on any atom is -0.384 e. The average Bonchev–Trinajstić information content (AvgIpc) is 3.36. The number of allylic oxidation sites excluding steroid dienone is 3. The van der Waals surface area contributed by atoms with Gasteiger partial charge in [-0.1, -0.05) is 47.4 Å². The molecule has 8 nitrogen and oxygen atoms in total. The predicted octanol–water partition coefficient (Wildman–Crippen LogP) is 5.02. The molecule has 3 N–H and O–H groups in total. The highest BCUT2D eigenvalue weighted by Gasteiger charge is 2.41. The molecule has 2 aromatic carbocycles. The number of nitrogens with two attached hydrogens (primary N) is 1. The molecule has 38 heavy (non-hydrogen) atoms. The van der Waals surface area contributed by atoms with Gasteiger partial charge in [-0.2, -0.15) is 5.26 Å². The van der Waals surface area contributed by atoms with Gasteiger partial charge in [0.25, 0.3) is 0 Å². The highest BCUT2D eigenvalue weighted by Crippen LogP contribution is 2.47. The van der Waals surface area contributed by atoms with Crippen molar-refractivity contribution in [2.75, 3.05) is 16.0 Å². The molecular formula is C27H23FN6O2S2. The standard InChI is InChI=1S/C27H23FN6O2S2/c1-15-4-2-5-18(12-15)31-22(36)14-37-27-33-32-26(38-27)34-20-6-3-7-21(35)24(20)23(19(13-29)25(34)30)16-8-10-17(28)11-9-16/h2,4-5,8-12,23H,3,6-7,14,30H2,1H3,(H,31,36). The number of rotatable bonds is 6. The Hall–Kier alpha value is -4.01. The molecule has 0 saturated heterocycles. The summed E-state index contributed by atoms with van der Waals surface area (Å²) in [5.41, 5.74) is 10.3. The number of nitrogens with one attached hydrogen (secondary N) is 1. The van der Waals surface area contributed by atoms with Gasteiger partial charge < -0.3 is 11.1 Å². The van der Waals surface area contributed by atoms with Gasteiger partial charge in [0.05, 0.1) is 23.3 Å². The first-order valence-corrected chi connectivity index (χ1v) is 13.7. The van der Waals surface area contributed by atoms with Crippen LogP contribution in [0.4, 0.5) is 15.2 Å². The lowest BCUT2D eigenvalue weighted by Crippen LogP contribution is -2.38. The minimum absolute atomic E-state index is 0.0715. The third kappa shape index (κ3) is 5.05. The molecule has 0 radical (unpaired) electrons. The van der Waals surface area contributed by atoms with E-state index in [0.29, 0.717) is 45.6 Å². The van der Waals surface area contributed by atoms with Crippen molar-refractivity contribution in [1.29, 1.82) is 5.26 Å². The summed E-state index contributed by atoms with van der Waals surface area (Å²) in [5.74, 6) is -1.02. The fourth-order valence-electron chi connectivity index (χ4n) is 4.69. The van der Waals surface area contributed by atoms with E-state index in [1.165, 1.54) is 35.2 Å². The maximum Gasteiger partial charge on any atom is 0.234 e. The van der Waals surface area contributed by atoms with Gasteiger partial charge in [0.1, 0.15) is 11.6 Å². The third-order valence-corrected chi connectivity index (χ3v) is 8.37. The zero-order chi connectivity index (χ0) is 26.8. The van der Waals surface area contributed by atoms with E-state index in [1.807, 2.05) is 31.2 Å². The topological polar surface area (TPSA) is 125 Å². The number of amides is 1. The van der Waals surface area contributed by atoms with Crippen LogP contribution in [0.25, 0.3) is 0 Å². The second-order valence-electron chi connectivity index (χ2n) is 8.92. The van der Waals surface area contributed by atoms with Crippen LogP contribution in [0.1, 0.15) is 36.3 Å². The molecule has 1 aromatic heterocycles. The van der Waals surface area contributed by atoms with E-state index < -0.39 is 11.7 Å². The van der Waals surface area contributed by atoms with Gasteiger partial charge >= 0.3 is 0 Å². The van der Waals surface area contributed by atoms with Crippen LogP contribution in [0.15, 0.2) is 75.5 Å². The molecule has 2 aliphatic rings. The zero-order valence-electron chi connectivity index (χ0n) is 20.4. The summed E-state index contributed by atoms with van der Waals surface area (Å²) in [6.45, 7) is 1.95. The number of nitriles is 1. The summed E-state index contributed by atoms with van der Waals surface area (Å²) in [5, 5.41) is 21.8. The monoisotopic (exact) mass is 546 g/mol. The maximum atomic E-state index is 13.6. The van der Waals surface area contributed by atoms with Crippen molar-refractivity contribution in [1.82, 2.24) is 10.2 Å². The Morgan fingerprint density at radius 2 is 2.05 bits per heavy atom. The predicted molar refractivity (Wildman–Crippen MR) is 145 cm³/mol. The largest absolute Gasteiger partial charge is 0.384 e. The summed E-state index contributed by atoms with van der Waals surface area (Å²) >= 11 is 2.47. The lowest BCUT2D eigenvalue weighted by Gasteiger charge is -2.38. The van der Waals surface area contributed by atoms with E-state index in [9.17, 15) is 19.2 Å². The number of anilines is 2. The molecule has 11 heteroatoms. The maximum absolute atomic E-state index is 13.6. The third-order valence-electron chi connectivity index (χ3n) is 6.33. The first kappa shape index (κ1) is 25.6. The molecule has 1 aliphatic heterocycles. The van der Waals surface area contributed by atoms with E-state index in [4.69, 9.17) is 5.73 Å². The Kier molecular flexibility index (Phi) is 7.26. The van der Waals surface area contributed by atoms with Crippen molar-refractivity contribution in [3.05, 3.63) is 88.1 Å². The first-order valence-electron chi connectivity index (χ1n) is 11.9. The molecule has 1 atom stereocenters. The van der Waals surface area contributed by atoms with Gasteiger partial charge in [0.15, 0.2) is 10.1 Å². The number of thioether (sulfide) groups is 1. The molecule has 1 aliphatic carbocycles. The van der Waals surface area contributed by atoms with E-state index in [1.54, 1.807) is 17.0 Å². The van der Waals surface area contributed by atoms with Crippen LogP contribution in [-0.2, 0) is 9.59 Å². The van der Waals surface area contributed by atoms with Gasteiger partial charge in [-0.25, -0.2) is 4.39 Å². The molecule has 192 valence electrons. The summed E-state index contributed by atoms with van der Waals surface area (Å²) in [7, 11) is 0. The second-order valence-corrected chi connectivity index (χ2v) is 11.1. The fourth-order valence-corrected chi connectivity index (χ4v) is 6.37. The van der Waals surface area contributed by atoms with Crippen LogP contribution in [0.2, 0.25) is 0 Å². The molecule has 3 aromatic rings. The number of aryl methyl sites for hydroxylation is 1. The van der Waals surface area contributed by atoms with Gasteiger partial charge in [0, 0.05) is 23.4 Å². The van der Waals surface area contributed by atoms with Gasteiger partial charge in [-0.05, 0) is 55.2 Å². The number of nitrogens with zero attached hydrogens (tertiary/aromatic N) is 4. The summed E-state index contributed by atoms with van der Waals surface area (Å²) in [4.78, 5) is 27.2. The van der Waals surface area contributed by atoms with Crippen molar-refractivity contribution in [2.45, 2.75) is 36.4 Å². The molecule has 0 bridgehead atoms. The molecule has 5 rings (SSSR count). The van der Waals surface area contributed by atoms with Crippen molar-refractivity contribution in [3.8, 4) is 6.07 Å². The molecular weight excluding hydrogens is 523 g/mol. The molecule has 0 fully saturated rings. The number of ketones is 1. The smallest absolute Gasteiger partial charge is 0.234 e. The lowest BCUT2D eigenvalue weighted by atomic mass is 9.76. The minimum atomic E-state index is -0.674. The van der Waals surface area contributed by atoms with E-state index >= 15 is 0 Å². The molecule has 1 amide bonds. The average molecular weight is 547 g/mol. The molecule has 0 spiro atoms. The Morgan fingerprint density at radius 3 is 2.79 bits per heavy atom. The summed E-state index contributed by atoms with van der Waals surface area (Å²) in [6.07, 6.45) is 1.56. The number of hydrogen-bond acceptors (Lipinski definition) is 9. The zero-order valence-corrected chi connectivity index (χ0v) is 22.0. The number of halogens is 1. The summed E-state index contributed by atoms with van der Waals surface area (Å²) < 4.78 is 14.2. The highest BCUT2D eigenvalue weighted by molar-refractivity contribution is 8.01. The van der Waals surface area contributed by atoms with E-state index in [-0.39, 0.29) is 28.8 Å². The van der Waals surface area contributed by atoms with Crippen molar-refractivity contribution in [3.63, 3.8) is 0 Å². The quantitative estimate of drug-likeness (QED) is 0.413. The lowest BCUT2D eigenvalue weighted by molar-refractivity contribution is -0.116. The van der Waals surface area contributed by atoms with Crippen LogP contribution in [0.3, 0.4) is 0 Å². The van der Waals surface area contributed by atoms with E-state index in [0.717, 1.165) is 11.3 Å². The Labute approximate surface area is 227 Å². The van der Waals surface area contributed by atoms with Gasteiger partial charge in [-0.3, -0.25) is 14.5 Å². The van der Waals surface area contributed by atoms with Crippen LogP contribution in [0.5, 0.6) is 0 Å². The number of carbonyl (C=O) groups excluding carboxylic acids is 2. The van der Waals surface area contributed by atoms with E-state index in [2.05, 4.69) is 21.6 Å². The number of Topliss-reactive ketones (excluding diaryl/α,β-unsaturated/α-hetero) is 1. The van der Waals surface area contributed by atoms with Crippen molar-refractivity contribution in [2.24, 2.45) is 5.73 Å². The second kappa shape index (κ2) is 10.8. The van der Waals surface area contributed by atoms with Crippen LogP contribution in [-0.4, -0.2) is 27.6 Å². The Balaban J connectivity index is 1.42. The van der Waals surface area contributed by atoms with Crippen LogP contribution in [0, 0.1) is 24.1 Å². The number of aromatic nitrogens is 2. The number of carbonyl (C=O) groups is 2.